The smallest absolute Gasteiger partial charge is 0.271 e. The van der Waals surface area contributed by atoms with Crippen LogP contribution in [-0.4, -0.2) is 10.7 Å². The number of carbonyl (C=O) groups is 1. The minimum Gasteiger partial charge on any atom is -0.361 e. The molecule has 1 fully saturated rings. The molecule has 0 unspecified atom stereocenters. The summed E-state index contributed by atoms with van der Waals surface area (Å²) >= 11 is 0. The van der Waals surface area contributed by atoms with Crippen molar-refractivity contribution < 1.29 is 9.72 Å². The highest BCUT2D eigenvalue weighted by atomic mass is 16.6. The van der Waals surface area contributed by atoms with Gasteiger partial charge in [0.25, 0.3) is 5.69 Å². The number of nitrogens with one attached hydrogen (secondary N) is 1. The van der Waals surface area contributed by atoms with Crippen molar-refractivity contribution in [1.29, 1.82) is 0 Å². The molecule has 5 heteroatoms. The fraction of sp³-hybridized carbons (Fsp3) is 0.400. The number of nitro benzene ring substituents is 1. The Morgan fingerprint density at radius 3 is 2.75 bits per heavy atom. The molecule has 106 valence electrons. The largest absolute Gasteiger partial charge is 0.361 e. The zero-order valence-corrected chi connectivity index (χ0v) is 11.2. The highest BCUT2D eigenvalue weighted by Crippen LogP contribution is 2.24. The van der Waals surface area contributed by atoms with Crippen LogP contribution in [0, 0.1) is 16.0 Å². The van der Waals surface area contributed by atoms with Crippen LogP contribution in [0.25, 0.3) is 0 Å². The van der Waals surface area contributed by atoms with Gasteiger partial charge in [0.05, 0.1) is 4.92 Å². The molecule has 5 nitrogen and oxygen atoms in total. The van der Waals surface area contributed by atoms with E-state index in [1.54, 1.807) is 18.3 Å². The second kappa shape index (κ2) is 6.84. The number of nitrogens with zero attached hydrogens (tertiary/aromatic N) is 1. The second-order valence-corrected chi connectivity index (χ2v) is 5.02. The standard InChI is InChI=1S/C15H18N2O3/c18-15(12-5-2-1-3-6-12)9-10-16-13-7-4-8-14(11-13)17(19)20/h4,7-12,16H,1-3,5-6H2/b10-9-. The lowest BCUT2D eigenvalue weighted by Gasteiger charge is -2.18. The fourth-order valence-corrected chi connectivity index (χ4v) is 2.45. The van der Waals surface area contributed by atoms with Gasteiger partial charge in [-0.05, 0) is 25.0 Å². The lowest BCUT2D eigenvalue weighted by molar-refractivity contribution is -0.384. The molecular weight excluding hydrogens is 256 g/mol. The third-order valence-electron chi connectivity index (χ3n) is 3.56. The summed E-state index contributed by atoms with van der Waals surface area (Å²) in [4.78, 5) is 22.1. The topological polar surface area (TPSA) is 72.2 Å². The van der Waals surface area contributed by atoms with Gasteiger partial charge in [-0.25, -0.2) is 0 Å². The zero-order chi connectivity index (χ0) is 14.4. The fourth-order valence-electron chi connectivity index (χ4n) is 2.45. The van der Waals surface area contributed by atoms with E-state index in [1.165, 1.54) is 24.6 Å². The molecule has 1 aliphatic rings. The van der Waals surface area contributed by atoms with Gasteiger partial charge in [-0.15, -0.1) is 0 Å². The molecule has 20 heavy (non-hydrogen) atoms. The van der Waals surface area contributed by atoms with Crippen molar-refractivity contribution >= 4 is 17.2 Å². The highest BCUT2D eigenvalue weighted by molar-refractivity contribution is 5.92. The van der Waals surface area contributed by atoms with Gasteiger partial charge in [-0.3, -0.25) is 14.9 Å². The highest BCUT2D eigenvalue weighted by Gasteiger charge is 2.18. The van der Waals surface area contributed by atoms with Crippen molar-refractivity contribution in [2.24, 2.45) is 5.92 Å². The van der Waals surface area contributed by atoms with E-state index in [1.807, 2.05) is 0 Å². The number of hydrogen-bond acceptors (Lipinski definition) is 4. The first-order valence-corrected chi connectivity index (χ1v) is 6.88. The number of rotatable bonds is 5. The first kappa shape index (κ1) is 14.2. The molecule has 1 N–H and O–H groups in total. The molecule has 1 saturated carbocycles. The maximum atomic E-state index is 11.9. The zero-order valence-electron chi connectivity index (χ0n) is 11.2. The van der Waals surface area contributed by atoms with Crippen LogP contribution in [0.1, 0.15) is 32.1 Å². The van der Waals surface area contributed by atoms with Crippen LogP contribution in [0.5, 0.6) is 0 Å². The van der Waals surface area contributed by atoms with Gasteiger partial charge in [0.15, 0.2) is 5.78 Å². The summed E-state index contributed by atoms with van der Waals surface area (Å²) in [5.74, 6) is 0.287. The van der Waals surface area contributed by atoms with Crippen LogP contribution in [-0.2, 0) is 4.79 Å². The first-order valence-electron chi connectivity index (χ1n) is 6.88. The normalized spacial score (nSPS) is 16.2. The quantitative estimate of drug-likeness (QED) is 0.505. The molecule has 0 heterocycles. The van der Waals surface area contributed by atoms with Crippen molar-refractivity contribution in [3.8, 4) is 0 Å². The molecule has 0 atom stereocenters. The van der Waals surface area contributed by atoms with Gasteiger partial charge in [0, 0.05) is 29.9 Å². The lowest BCUT2D eigenvalue weighted by Crippen LogP contribution is -2.15. The Morgan fingerprint density at radius 2 is 2.05 bits per heavy atom. The molecule has 1 aromatic carbocycles. The maximum absolute atomic E-state index is 11.9. The summed E-state index contributed by atoms with van der Waals surface area (Å²) in [6.07, 6.45) is 8.52. The molecule has 0 saturated heterocycles. The SMILES string of the molecule is O=C(/C=C\Nc1cccc([N+](=O)[O-])c1)C1CCCCC1. The Morgan fingerprint density at radius 1 is 1.30 bits per heavy atom. The van der Waals surface area contributed by atoms with Gasteiger partial charge >= 0.3 is 0 Å². The number of nitro groups is 1. The molecule has 0 radical (unpaired) electrons. The summed E-state index contributed by atoms with van der Waals surface area (Å²) < 4.78 is 0. The monoisotopic (exact) mass is 274 g/mol. The molecule has 0 spiro atoms. The molecule has 0 aliphatic heterocycles. The van der Waals surface area contributed by atoms with Crippen LogP contribution >= 0.6 is 0 Å². The third-order valence-corrected chi connectivity index (χ3v) is 3.56. The van der Waals surface area contributed by atoms with E-state index in [9.17, 15) is 14.9 Å². The van der Waals surface area contributed by atoms with Crippen LogP contribution < -0.4 is 5.32 Å². The number of benzene rings is 1. The molecule has 1 aliphatic carbocycles. The average molecular weight is 274 g/mol. The number of carbonyl (C=O) groups excluding carboxylic acids is 1. The molecule has 0 bridgehead atoms. The van der Waals surface area contributed by atoms with Crippen molar-refractivity contribution in [1.82, 2.24) is 0 Å². The van der Waals surface area contributed by atoms with Gasteiger partial charge < -0.3 is 5.32 Å². The minimum absolute atomic E-state index is 0.0296. The van der Waals surface area contributed by atoms with Crippen LogP contribution in [0.3, 0.4) is 0 Å². The Balaban J connectivity index is 1.90. The Bertz CT molecular complexity index is 520. The Kier molecular flexibility index (Phi) is 4.87. The van der Waals surface area contributed by atoms with E-state index >= 15 is 0 Å². The van der Waals surface area contributed by atoms with Crippen molar-refractivity contribution in [2.75, 3.05) is 5.32 Å². The van der Waals surface area contributed by atoms with Crippen molar-refractivity contribution in [2.45, 2.75) is 32.1 Å². The van der Waals surface area contributed by atoms with Gasteiger partial charge in [0.2, 0.25) is 0 Å². The van der Waals surface area contributed by atoms with E-state index in [0.717, 1.165) is 25.7 Å². The number of non-ortho nitro benzene ring substituents is 1. The summed E-state index contributed by atoms with van der Waals surface area (Å²) in [6, 6.07) is 6.21. The second-order valence-electron chi connectivity index (χ2n) is 5.02. The van der Waals surface area contributed by atoms with E-state index in [-0.39, 0.29) is 17.4 Å². The van der Waals surface area contributed by atoms with Crippen molar-refractivity contribution in [3.05, 3.63) is 46.7 Å². The summed E-state index contributed by atoms with van der Waals surface area (Å²) in [5, 5.41) is 13.6. The minimum atomic E-state index is -0.442. The van der Waals surface area contributed by atoms with Crippen LogP contribution in [0.15, 0.2) is 36.5 Å². The molecule has 2 rings (SSSR count). The predicted molar refractivity (Wildman–Crippen MR) is 77.4 cm³/mol. The van der Waals surface area contributed by atoms with Crippen molar-refractivity contribution in [3.63, 3.8) is 0 Å². The Hall–Kier alpha value is -2.17. The van der Waals surface area contributed by atoms with E-state index in [2.05, 4.69) is 5.32 Å². The van der Waals surface area contributed by atoms with E-state index in [0.29, 0.717) is 5.69 Å². The maximum Gasteiger partial charge on any atom is 0.271 e. The van der Waals surface area contributed by atoms with E-state index < -0.39 is 4.92 Å². The summed E-state index contributed by atoms with van der Waals surface area (Å²) in [7, 11) is 0. The number of ketones is 1. The molecular formula is C15H18N2O3. The molecule has 0 aromatic heterocycles. The predicted octanol–water partition coefficient (Wildman–Crippen LogP) is 3.67. The lowest BCUT2D eigenvalue weighted by atomic mass is 9.86. The van der Waals surface area contributed by atoms with Gasteiger partial charge in [-0.1, -0.05) is 25.3 Å². The number of hydrogen-bond donors (Lipinski definition) is 1. The third kappa shape index (κ3) is 3.91. The number of anilines is 1. The summed E-state index contributed by atoms with van der Waals surface area (Å²) in [6.45, 7) is 0. The molecule has 1 aromatic rings. The average Bonchev–Trinajstić information content (AvgIpc) is 2.48. The van der Waals surface area contributed by atoms with Crippen LogP contribution in [0.2, 0.25) is 0 Å². The number of allylic oxidation sites excluding steroid dienone is 1. The van der Waals surface area contributed by atoms with Gasteiger partial charge in [-0.2, -0.15) is 0 Å². The Labute approximate surface area is 117 Å². The molecule has 0 amide bonds. The van der Waals surface area contributed by atoms with Gasteiger partial charge in [0.1, 0.15) is 0 Å². The van der Waals surface area contributed by atoms with Crippen LogP contribution in [0.4, 0.5) is 11.4 Å². The summed E-state index contributed by atoms with van der Waals surface area (Å²) in [5.41, 5.74) is 0.633. The first-order chi connectivity index (χ1) is 9.66. The van der Waals surface area contributed by atoms with E-state index in [4.69, 9.17) is 0 Å².